The summed E-state index contributed by atoms with van der Waals surface area (Å²) in [6.45, 7) is 3.25. The maximum atomic E-state index is 12.2. The Balaban J connectivity index is 2.52. The van der Waals surface area contributed by atoms with Crippen LogP contribution in [0.25, 0.3) is 0 Å². The standard InChI is InChI=1S/C11H19N5O2/c1-13-4-6-16(7-5-13)8-9(12)14(2)11(18)15(3)10(8)17/h4-7,12H2,1-3H3. The summed E-state index contributed by atoms with van der Waals surface area (Å²) in [7, 11) is 5.10. The number of nitrogens with two attached hydrogens (primary N) is 1. The van der Waals surface area contributed by atoms with E-state index in [1.54, 1.807) is 7.05 Å². The molecule has 0 amide bonds. The normalized spacial score (nSPS) is 17.2. The molecule has 1 aromatic heterocycles. The topological polar surface area (TPSA) is 76.5 Å². The maximum absolute atomic E-state index is 12.2. The van der Waals surface area contributed by atoms with Crippen LogP contribution in [0.2, 0.25) is 0 Å². The molecule has 100 valence electrons. The summed E-state index contributed by atoms with van der Waals surface area (Å²) in [6.07, 6.45) is 0. The molecule has 7 nitrogen and oxygen atoms in total. The number of hydrogen-bond donors (Lipinski definition) is 1. The Hall–Kier alpha value is -1.76. The molecule has 0 radical (unpaired) electrons. The second-order valence-electron chi connectivity index (χ2n) is 4.73. The van der Waals surface area contributed by atoms with Gasteiger partial charge in [0, 0.05) is 40.3 Å². The van der Waals surface area contributed by atoms with E-state index in [1.165, 1.54) is 11.6 Å². The summed E-state index contributed by atoms with van der Waals surface area (Å²) in [4.78, 5) is 28.0. The number of likely N-dealkylation sites (N-methyl/N-ethyl adjacent to an activating group) is 1. The predicted molar refractivity (Wildman–Crippen MR) is 71.0 cm³/mol. The SMILES string of the molecule is CN1CCN(c2c(N)n(C)c(=O)n(C)c2=O)CC1. The molecular formula is C11H19N5O2. The van der Waals surface area contributed by atoms with Crippen LogP contribution in [0.1, 0.15) is 0 Å². The Morgan fingerprint density at radius 3 is 2.06 bits per heavy atom. The van der Waals surface area contributed by atoms with Gasteiger partial charge < -0.3 is 15.5 Å². The van der Waals surface area contributed by atoms with E-state index in [0.29, 0.717) is 5.69 Å². The monoisotopic (exact) mass is 253 g/mol. The van der Waals surface area contributed by atoms with Gasteiger partial charge in [0.2, 0.25) is 0 Å². The lowest BCUT2D eigenvalue weighted by atomic mass is 10.3. The third-order valence-electron chi connectivity index (χ3n) is 3.50. The molecule has 7 heteroatoms. The molecule has 1 saturated heterocycles. The maximum Gasteiger partial charge on any atom is 0.332 e. The lowest BCUT2D eigenvalue weighted by Gasteiger charge is -2.34. The molecule has 0 aromatic carbocycles. The number of hydrogen-bond acceptors (Lipinski definition) is 5. The summed E-state index contributed by atoms with van der Waals surface area (Å²) in [5.41, 5.74) is 5.64. The van der Waals surface area contributed by atoms with Gasteiger partial charge in [0.25, 0.3) is 5.56 Å². The van der Waals surface area contributed by atoms with E-state index < -0.39 is 5.69 Å². The number of rotatable bonds is 1. The first kappa shape index (κ1) is 12.7. The first-order valence-corrected chi connectivity index (χ1v) is 5.92. The van der Waals surface area contributed by atoms with Crippen molar-refractivity contribution in [1.29, 1.82) is 0 Å². The van der Waals surface area contributed by atoms with Gasteiger partial charge in [-0.15, -0.1) is 0 Å². The summed E-state index contributed by atoms with van der Waals surface area (Å²) in [6, 6.07) is 0. The molecule has 2 N–H and O–H groups in total. The highest BCUT2D eigenvalue weighted by Gasteiger charge is 2.22. The lowest BCUT2D eigenvalue weighted by molar-refractivity contribution is 0.312. The zero-order valence-electron chi connectivity index (χ0n) is 11.0. The number of nitrogens with zero attached hydrogens (tertiary/aromatic N) is 4. The van der Waals surface area contributed by atoms with Crippen LogP contribution in [0.4, 0.5) is 11.5 Å². The van der Waals surface area contributed by atoms with Crippen LogP contribution in [0.15, 0.2) is 9.59 Å². The van der Waals surface area contributed by atoms with Crippen molar-refractivity contribution >= 4 is 11.5 Å². The van der Waals surface area contributed by atoms with Crippen LogP contribution < -0.4 is 21.9 Å². The Morgan fingerprint density at radius 1 is 0.944 bits per heavy atom. The number of aromatic nitrogens is 2. The highest BCUT2D eigenvalue weighted by Crippen LogP contribution is 2.17. The smallest absolute Gasteiger partial charge is 0.332 e. The van der Waals surface area contributed by atoms with E-state index in [0.717, 1.165) is 30.7 Å². The van der Waals surface area contributed by atoms with Gasteiger partial charge in [0.05, 0.1) is 0 Å². The van der Waals surface area contributed by atoms with Crippen LogP contribution in [0.3, 0.4) is 0 Å². The van der Waals surface area contributed by atoms with E-state index in [9.17, 15) is 9.59 Å². The Kier molecular flexibility index (Phi) is 3.16. The first-order chi connectivity index (χ1) is 8.43. The average molecular weight is 253 g/mol. The number of nitrogen functional groups attached to an aromatic ring is 1. The molecule has 0 saturated carbocycles. The minimum absolute atomic E-state index is 0.243. The summed E-state index contributed by atoms with van der Waals surface area (Å²) >= 11 is 0. The Bertz CT molecular complexity index is 566. The van der Waals surface area contributed by atoms with Crippen LogP contribution in [0, 0.1) is 0 Å². The zero-order valence-corrected chi connectivity index (χ0v) is 11.0. The second-order valence-corrected chi connectivity index (χ2v) is 4.73. The molecule has 18 heavy (non-hydrogen) atoms. The van der Waals surface area contributed by atoms with Crippen molar-refractivity contribution in [1.82, 2.24) is 14.0 Å². The second kappa shape index (κ2) is 4.49. The molecule has 1 fully saturated rings. The summed E-state index contributed by atoms with van der Waals surface area (Å²) < 4.78 is 2.42. The van der Waals surface area contributed by atoms with E-state index in [4.69, 9.17) is 5.73 Å². The Labute approximate surface area is 105 Å². The van der Waals surface area contributed by atoms with Gasteiger partial charge in [-0.25, -0.2) is 4.79 Å². The molecule has 0 aliphatic carbocycles. The van der Waals surface area contributed by atoms with Gasteiger partial charge >= 0.3 is 5.69 Å². The fraction of sp³-hybridized carbons (Fsp3) is 0.636. The van der Waals surface area contributed by atoms with E-state index in [2.05, 4.69) is 4.90 Å². The number of piperazine rings is 1. The van der Waals surface area contributed by atoms with E-state index in [-0.39, 0.29) is 11.4 Å². The zero-order chi connectivity index (χ0) is 13.4. The third kappa shape index (κ3) is 1.90. The highest BCUT2D eigenvalue weighted by atomic mass is 16.2. The molecular weight excluding hydrogens is 234 g/mol. The Morgan fingerprint density at radius 2 is 1.50 bits per heavy atom. The van der Waals surface area contributed by atoms with E-state index >= 15 is 0 Å². The van der Waals surface area contributed by atoms with Crippen molar-refractivity contribution in [2.45, 2.75) is 0 Å². The van der Waals surface area contributed by atoms with Gasteiger partial charge in [-0.2, -0.15) is 0 Å². The molecule has 0 unspecified atom stereocenters. The van der Waals surface area contributed by atoms with Gasteiger partial charge in [-0.05, 0) is 7.05 Å². The first-order valence-electron chi connectivity index (χ1n) is 5.92. The minimum Gasteiger partial charge on any atom is -0.383 e. The molecule has 1 aromatic rings. The van der Waals surface area contributed by atoms with Crippen molar-refractivity contribution in [2.75, 3.05) is 43.9 Å². The van der Waals surface area contributed by atoms with Crippen LogP contribution >= 0.6 is 0 Å². The third-order valence-corrected chi connectivity index (χ3v) is 3.50. The average Bonchev–Trinajstić information content (AvgIpc) is 2.36. The lowest BCUT2D eigenvalue weighted by Crippen LogP contribution is -2.49. The van der Waals surface area contributed by atoms with Crippen molar-refractivity contribution in [3.63, 3.8) is 0 Å². The molecule has 1 aliphatic rings. The summed E-state index contributed by atoms with van der Waals surface area (Å²) in [5, 5.41) is 0. The van der Waals surface area contributed by atoms with Crippen molar-refractivity contribution in [3.05, 3.63) is 20.8 Å². The van der Waals surface area contributed by atoms with Crippen molar-refractivity contribution in [3.8, 4) is 0 Å². The largest absolute Gasteiger partial charge is 0.383 e. The molecule has 1 aliphatic heterocycles. The van der Waals surface area contributed by atoms with Gasteiger partial charge in [0.1, 0.15) is 11.5 Å². The molecule has 0 spiro atoms. The van der Waals surface area contributed by atoms with Gasteiger partial charge in [0.15, 0.2) is 0 Å². The molecule has 0 bridgehead atoms. The fourth-order valence-electron chi connectivity index (χ4n) is 2.17. The predicted octanol–water partition coefficient (Wildman–Crippen LogP) is -1.58. The van der Waals surface area contributed by atoms with Gasteiger partial charge in [-0.1, -0.05) is 0 Å². The van der Waals surface area contributed by atoms with Crippen LogP contribution in [-0.2, 0) is 14.1 Å². The quantitative estimate of drug-likeness (QED) is 0.653. The minimum atomic E-state index is -0.393. The highest BCUT2D eigenvalue weighted by molar-refractivity contribution is 5.62. The molecule has 2 heterocycles. The fourth-order valence-corrected chi connectivity index (χ4v) is 2.17. The number of anilines is 2. The molecule has 2 rings (SSSR count). The van der Waals surface area contributed by atoms with E-state index in [1.807, 2.05) is 11.9 Å². The van der Waals surface area contributed by atoms with Gasteiger partial charge in [-0.3, -0.25) is 13.9 Å². The summed E-state index contributed by atoms with van der Waals surface area (Å²) in [5.74, 6) is 0.243. The molecule has 0 atom stereocenters. The van der Waals surface area contributed by atoms with Crippen molar-refractivity contribution in [2.24, 2.45) is 14.1 Å². The van der Waals surface area contributed by atoms with Crippen molar-refractivity contribution < 1.29 is 0 Å². The van der Waals surface area contributed by atoms with Crippen LogP contribution in [-0.4, -0.2) is 47.3 Å². The van der Waals surface area contributed by atoms with Crippen LogP contribution in [0.5, 0.6) is 0 Å².